The third-order valence-corrected chi connectivity index (χ3v) is 5.78. The first kappa shape index (κ1) is 19.7. The second-order valence-corrected chi connectivity index (χ2v) is 8.70. The molecule has 2 rings (SSSR count). The summed E-state index contributed by atoms with van der Waals surface area (Å²) in [4.78, 5) is 14.6. The van der Waals surface area contributed by atoms with Crippen molar-refractivity contribution in [3.8, 4) is 0 Å². The highest BCUT2D eigenvalue weighted by Crippen LogP contribution is 2.21. The molecule has 0 atom stereocenters. The lowest BCUT2D eigenvalue weighted by atomic mass is 10.1. The number of carbonyl (C=O) groups is 1. The lowest BCUT2D eigenvalue weighted by molar-refractivity contribution is -0.119. The van der Waals surface area contributed by atoms with Gasteiger partial charge in [0.05, 0.1) is 11.9 Å². The standard InChI is InChI=1S/C18H29N3O3S/c1-15-7-8-17(13-16(15)2)21(25(3,23)24)14-18(22)19-9-6-12-20-10-4-5-11-20/h7-8,13H,4-6,9-12,14H2,1-3H3,(H,19,22). The lowest BCUT2D eigenvalue weighted by Crippen LogP contribution is -2.41. The summed E-state index contributed by atoms with van der Waals surface area (Å²) in [5.74, 6) is -0.273. The molecule has 0 radical (unpaired) electrons. The molecule has 1 aliphatic rings. The van der Waals surface area contributed by atoms with Gasteiger partial charge in [-0.1, -0.05) is 6.07 Å². The minimum absolute atomic E-state index is 0.189. The minimum atomic E-state index is -3.52. The van der Waals surface area contributed by atoms with Gasteiger partial charge >= 0.3 is 0 Å². The van der Waals surface area contributed by atoms with Crippen LogP contribution in [-0.2, 0) is 14.8 Å². The number of nitrogens with zero attached hydrogens (tertiary/aromatic N) is 2. The predicted molar refractivity (Wildman–Crippen MR) is 101 cm³/mol. The molecule has 0 aromatic heterocycles. The SMILES string of the molecule is Cc1ccc(N(CC(=O)NCCCN2CCCC2)S(C)(=O)=O)cc1C. The fourth-order valence-electron chi connectivity index (χ4n) is 3.00. The number of nitrogens with one attached hydrogen (secondary N) is 1. The van der Waals surface area contributed by atoms with Crippen molar-refractivity contribution < 1.29 is 13.2 Å². The summed E-state index contributed by atoms with van der Waals surface area (Å²) in [6.45, 7) is 7.54. The Bertz CT molecular complexity index is 698. The van der Waals surface area contributed by atoms with Gasteiger partial charge in [-0.05, 0) is 76.0 Å². The molecule has 0 saturated carbocycles. The first-order chi connectivity index (χ1) is 11.8. The van der Waals surface area contributed by atoms with Crippen LogP contribution >= 0.6 is 0 Å². The Labute approximate surface area is 151 Å². The molecule has 0 aliphatic carbocycles. The Balaban J connectivity index is 1.90. The van der Waals surface area contributed by atoms with Crippen LogP contribution in [0.4, 0.5) is 5.69 Å². The van der Waals surface area contributed by atoms with Crippen molar-refractivity contribution in [3.63, 3.8) is 0 Å². The zero-order valence-electron chi connectivity index (χ0n) is 15.4. The molecule has 25 heavy (non-hydrogen) atoms. The summed E-state index contributed by atoms with van der Waals surface area (Å²) in [6.07, 6.45) is 4.52. The highest BCUT2D eigenvalue weighted by Gasteiger charge is 2.21. The number of hydrogen-bond donors (Lipinski definition) is 1. The maximum atomic E-state index is 12.2. The van der Waals surface area contributed by atoms with Crippen LogP contribution in [-0.4, -0.2) is 58.2 Å². The zero-order chi connectivity index (χ0) is 18.4. The molecule has 6 nitrogen and oxygen atoms in total. The third-order valence-electron chi connectivity index (χ3n) is 4.64. The van der Waals surface area contributed by atoms with Crippen LogP contribution < -0.4 is 9.62 Å². The average Bonchev–Trinajstić information content (AvgIpc) is 3.04. The van der Waals surface area contributed by atoms with E-state index in [0.717, 1.165) is 47.7 Å². The van der Waals surface area contributed by atoms with Crippen LogP contribution in [0, 0.1) is 13.8 Å². The van der Waals surface area contributed by atoms with E-state index in [2.05, 4.69) is 10.2 Å². The number of sulfonamides is 1. The summed E-state index contributed by atoms with van der Waals surface area (Å²) in [5.41, 5.74) is 2.61. The second kappa shape index (κ2) is 8.67. The summed E-state index contributed by atoms with van der Waals surface area (Å²) in [5, 5.41) is 2.83. The van der Waals surface area contributed by atoms with Crippen molar-refractivity contribution in [1.82, 2.24) is 10.2 Å². The van der Waals surface area contributed by atoms with Crippen molar-refractivity contribution >= 4 is 21.6 Å². The molecule has 140 valence electrons. The van der Waals surface area contributed by atoms with Gasteiger partial charge in [-0.25, -0.2) is 8.42 Å². The maximum Gasteiger partial charge on any atom is 0.240 e. The maximum absolute atomic E-state index is 12.2. The minimum Gasteiger partial charge on any atom is -0.354 e. The predicted octanol–water partition coefficient (Wildman–Crippen LogP) is 1.67. The largest absolute Gasteiger partial charge is 0.354 e. The van der Waals surface area contributed by atoms with E-state index in [1.54, 1.807) is 12.1 Å². The van der Waals surface area contributed by atoms with E-state index in [-0.39, 0.29) is 12.5 Å². The van der Waals surface area contributed by atoms with Gasteiger partial charge in [0.25, 0.3) is 0 Å². The number of benzene rings is 1. The number of carbonyl (C=O) groups excluding carboxylic acids is 1. The quantitative estimate of drug-likeness (QED) is 0.710. The van der Waals surface area contributed by atoms with Crippen molar-refractivity contribution in [2.45, 2.75) is 33.1 Å². The van der Waals surface area contributed by atoms with E-state index in [9.17, 15) is 13.2 Å². The van der Waals surface area contributed by atoms with Gasteiger partial charge in [0.15, 0.2) is 0 Å². The number of likely N-dealkylation sites (tertiary alicyclic amines) is 1. The Morgan fingerprint density at radius 3 is 2.48 bits per heavy atom. The second-order valence-electron chi connectivity index (χ2n) is 6.79. The molecular weight excluding hydrogens is 338 g/mol. The van der Waals surface area contributed by atoms with E-state index < -0.39 is 10.0 Å². The van der Waals surface area contributed by atoms with Crippen molar-refractivity contribution in [1.29, 1.82) is 0 Å². The summed E-state index contributed by atoms with van der Waals surface area (Å²) in [7, 11) is -3.52. The molecule has 1 fully saturated rings. The van der Waals surface area contributed by atoms with E-state index in [4.69, 9.17) is 0 Å². The molecule has 1 amide bonds. The molecule has 1 heterocycles. The van der Waals surface area contributed by atoms with Gasteiger partial charge in [0, 0.05) is 6.54 Å². The molecule has 0 spiro atoms. The Hall–Kier alpha value is -1.60. The van der Waals surface area contributed by atoms with Crippen LogP contribution in [0.15, 0.2) is 18.2 Å². The van der Waals surface area contributed by atoms with Crippen LogP contribution in [0.3, 0.4) is 0 Å². The van der Waals surface area contributed by atoms with Crippen LogP contribution in [0.2, 0.25) is 0 Å². The molecule has 7 heteroatoms. The van der Waals surface area contributed by atoms with Crippen LogP contribution in [0.25, 0.3) is 0 Å². The van der Waals surface area contributed by atoms with Gasteiger partial charge in [-0.2, -0.15) is 0 Å². The average molecular weight is 368 g/mol. The zero-order valence-corrected chi connectivity index (χ0v) is 16.2. The number of amides is 1. The van der Waals surface area contributed by atoms with Crippen molar-refractivity contribution in [2.75, 3.05) is 43.3 Å². The smallest absolute Gasteiger partial charge is 0.240 e. The molecule has 0 bridgehead atoms. The van der Waals surface area contributed by atoms with E-state index in [1.165, 1.54) is 12.8 Å². The third kappa shape index (κ3) is 6.01. The van der Waals surface area contributed by atoms with Crippen molar-refractivity contribution in [2.24, 2.45) is 0 Å². The van der Waals surface area contributed by atoms with Crippen LogP contribution in [0.1, 0.15) is 30.4 Å². The number of anilines is 1. The molecule has 1 aromatic carbocycles. The Morgan fingerprint density at radius 2 is 1.88 bits per heavy atom. The molecule has 1 aliphatic heterocycles. The Morgan fingerprint density at radius 1 is 1.20 bits per heavy atom. The fourth-order valence-corrected chi connectivity index (χ4v) is 3.85. The highest BCUT2D eigenvalue weighted by atomic mass is 32.2. The Kier molecular flexibility index (Phi) is 6.84. The topological polar surface area (TPSA) is 69.7 Å². The summed E-state index contributed by atoms with van der Waals surface area (Å²) < 4.78 is 25.4. The lowest BCUT2D eigenvalue weighted by Gasteiger charge is -2.23. The number of hydrogen-bond acceptors (Lipinski definition) is 4. The van der Waals surface area contributed by atoms with Crippen molar-refractivity contribution in [3.05, 3.63) is 29.3 Å². The molecule has 1 saturated heterocycles. The van der Waals surface area contributed by atoms with Gasteiger partial charge in [0.1, 0.15) is 6.54 Å². The van der Waals surface area contributed by atoms with E-state index >= 15 is 0 Å². The van der Waals surface area contributed by atoms with Gasteiger partial charge in [-0.3, -0.25) is 9.10 Å². The summed E-state index contributed by atoms with van der Waals surface area (Å²) in [6, 6.07) is 5.41. The molecule has 0 unspecified atom stereocenters. The molecule has 1 aromatic rings. The normalized spacial score (nSPS) is 15.3. The van der Waals surface area contributed by atoms with Gasteiger partial charge < -0.3 is 10.2 Å². The number of aryl methyl sites for hydroxylation is 2. The van der Waals surface area contributed by atoms with Gasteiger partial charge in [-0.15, -0.1) is 0 Å². The molecule has 1 N–H and O–H groups in total. The monoisotopic (exact) mass is 367 g/mol. The number of rotatable bonds is 8. The highest BCUT2D eigenvalue weighted by molar-refractivity contribution is 7.92. The fraction of sp³-hybridized carbons (Fsp3) is 0.611. The van der Waals surface area contributed by atoms with Crippen LogP contribution in [0.5, 0.6) is 0 Å². The van der Waals surface area contributed by atoms with E-state index in [1.807, 2.05) is 19.9 Å². The first-order valence-electron chi connectivity index (χ1n) is 8.81. The van der Waals surface area contributed by atoms with E-state index in [0.29, 0.717) is 12.2 Å². The summed E-state index contributed by atoms with van der Waals surface area (Å²) >= 11 is 0. The van der Waals surface area contributed by atoms with Gasteiger partial charge in [0.2, 0.25) is 15.9 Å². The molecular formula is C18H29N3O3S. The first-order valence-corrected chi connectivity index (χ1v) is 10.7.